The lowest BCUT2D eigenvalue weighted by Crippen LogP contribution is -1.98. The summed E-state index contributed by atoms with van der Waals surface area (Å²) in [4.78, 5) is 9.30. The summed E-state index contributed by atoms with van der Waals surface area (Å²) >= 11 is 0. The molecular formula is C10H15O+. The van der Waals surface area contributed by atoms with E-state index in [1.165, 1.54) is 0 Å². The van der Waals surface area contributed by atoms with E-state index in [9.17, 15) is 4.79 Å². The van der Waals surface area contributed by atoms with Crippen molar-refractivity contribution < 1.29 is 4.79 Å². The van der Waals surface area contributed by atoms with Crippen molar-refractivity contribution in [3.8, 4) is 11.8 Å². The van der Waals surface area contributed by atoms with E-state index in [1.807, 2.05) is 0 Å². The normalized spacial score (nSPS) is 20.2. The molecule has 0 saturated carbocycles. The summed E-state index contributed by atoms with van der Waals surface area (Å²) in [5, 5.41) is 0. The van der Waals surface area contributed by atoms with Gasteiger partial charge in [0.15, 0.2) is 0 Å². The Morgan fingerprint density at radius 3 is 2.36 bits per heavy atom. The summed E-state index contributed by atoms with van der Waals surface area (Å²) in [5.41, 5.74) is 0. The Hall–Kier alpha value is -0.770. The van der Waals surface area contributed by atoms with Crippen molar-refractivity contribution in [2.75, 3.05) is 0 Å². The van der Waals surface area contributed by atoms with Gasteiger partial charge >= 0.3 is 0 Å². The molecule has 0 aromatic rings. The molecule has 0 saturated heterocycles. The van der Waals surface area contributed by atoms with E-state index >= 15 is 0 Å². The first-order chi connectivity index (χ1) is 5.39. The summed E-state index contributed by atoms with van der Waals surface area (Å²) in [6, 6.07) is 0. The quantitative estimate of drug-likeness (QED) is 0.374. The fraction of sp³-hybridized carbons (Fsp3) is 0.700. The second-order valence-corrected chi connectivity index (χ2v) is 2.98. The summed E-state index contributed by atoms with van der Waals surface area (Å²) in [5.74, 6) is 6.90. The lowest BCUT2D eigenvalue weighted by molar-refractivity contribution is 0.617. The van der Waals surface area contributed by atoms with Gasteiger partial charge in [-0.05, 0) is 19.3 Å². The van der Waals surface area contributed by atoms with Gasteiger partial charge in [0.25, 0.3) is 5.78 Å². The molecule has 1 aliphatic rings. The van der Waals surface area contributed by atoms with Crippen LogP contribution in [-0.4, -0.2) is 10.6 Å². The third-order valence-electron chi connectivity index (χ3n) is 1.91. The molecule has 0 spiro atoms. The minimum absolute atomic E-state index is 0.675. The van der Waals surface area contributed by atoms with E-state index in [1.54, 1.807) is 0 Å². The van der Waals surface area contributed by atoms with Crippen LogP contribution in [0.15, 0.2) is 0 Å². The van der Waals surface area contributed by atoms with Crippen LogP contribution in [0.5, 0.6) is 0 Å². The standard InChI is InChI=1S/C10H14O/c11-10-8-6-4-2-1-3-5-7-9-10/h2,4-9H2/p+1. The smallest absolute Gasteiger partial charge is 0.284 e. The van der Waals surface area contributed by atoms with Crippen LogP contribution in [0.2, 0.25) is 0 Å². The van der Waals surface area contributed by atoms with Gasteiger partial charge in [0.05, 0.1) is 12.8 Å². The Bertz CT molecular complexity index is 183. The van der Waals surface area contributed by atoms with Gasteiger partial charge in [0.2, 0.25) is 0 Å². The van der Waals surface area contributed by atoms with Crippen LogP contribution in [0.3, 0.4) is 0 Å². The average molecular weight is 151 g/mol. The lowest BCUT2D eigenvalue weighted by atomic mass is 10.1. The van der Waals surface area contributed by atoms with Gasteiger partial charge in [0, 0.05) is 12.8 Å². The Kier molecular flexibility index (Phi) is 3.75. The average Bonchev–Trinajstić information content (AvgIpc) is 2.03. The van der Waals surface area contributed by atoms with Crippen LogP contribution in [0.1, 0.15) is 44.9 Å². The predicted octanol–water partition coefficient (Wildman–Crippen LogP) is 2.28. The molecule has 1 aliphatic carbocycles. The number of ketones is 1. The predicted molar refractivity (Wildman–Crippen MR) is 47.0 cm³/mol. The highest BCUT2D eigenvalue weighted by molar-refractivity contribution is 5.79. The maximum absolute atomic E-state index is 9.30. The zero-order valence-electron chi connectivity index (χ0n) is 6.90. The van der Waals surface area contributed by atoms with Crippen LogP contribution < -0.4 is 0 Å². The minimum Gasteiger partial charge on any atom is -0.284 e. The van der Waals surface area contributed by atoms with Crippen LogP contribution in [0.4, 0.5) is 0 Å². The molecule has 0 amide bonds. The summed E-state index contributed by atoms with van der Waals surface area (Å²) in [6.07, 6.45) is 6.96. The molecule has 0 aliphatic heterocycles. The molecule has 0 aromatic carbocycles. The molecule has 0 atom stereocenters. The van der Waals surface area contributed by atoms with Crippen LogP contribution in [0, 0.1) is 11.8 Å². The molecule has 0 fully saturated rings. The highest BCUT2D eigenvalue weighted by atomic mass is 16.1. The second kappa shape index (κ2) is 4.96. The van der Waals surface area contributed by atoms with E-state index in [4.69, 9.17) is 0 Å². The van der Waals surface area contributed by atoms with Crippen LogP contribution in [0.25, 0.3) is 0 Å². The molecule has 0 bridgehead atoms. The van der Waals surface area contributed by atoms with Crippen molar-refractivity contribution in [1.29, 1.82) is 0 Å². The van der Waals surface area contributed by atoms with Crippen molar-refractivity contribution in [1.82, 2.24) is 0 Å². The fourth-order valence-corrected chi connectivity index (χ4v) is 1.23. The van der Waals surface area contributed by atoms with Crippen LogP contribution >= 0.6 is 0 Å². The Balaban J connectivity index is 2.33. The first-order valence-corrected chi connectivity index (χ1v) is 4.39. The van der Waals surface area contributed by atoms with Crippen molar-refractivity contribution in [3.05, 3.63) is 0 Å². The largest absolute Gasteiger partial charge is 0.293 e. The highest BCUT2D eigenvalue weighted by Crippen LogP contribution is 2.06. The highest BCUT2D eigenvalue weighted by Gasteiger charge is 2.07. The molecule has 1 nitrogen and oxygen atoms in total. The topological polar surface area (TPSA) is 21.4 Å². The first-order valence-electron chi connectivity index (χ1n) is 4.39. The Morgan fingerprint density at radius 2 is 1.55 bits per heavy atom. The van der Waals surface area contributed by atoms with E-state index in [0.717, 1.165) is 44.9 Å². The molecule has 11 heavy (non-hydrogen) atoms. The van der Waals surface area contributed by atoms with Gasteiger partial charge in [-0.25, -0.2) is 0 Å². The zero-order chi connectivity index (χ0) is 7.94. The number of rotatable bonds is 0. The molecule has 1 N–H and O–H groups in total. The molecular weight excluding hydrogens is 136 g/mol. The Morgan fingerprint density at radius 1 is 0.909 bits per heavy atom. The summed E-state index contributed by atoms with van der Waals surface area (Å²) in [7, 11) is 0. The fourth-order valence-electron chi connectivity index (χ4n) is 1.23. The monoisotopic (exact) mass is 151 g/mol. The van der Waals surface area contributed by atoms with Crippen molar-refractivity contribution in [3.63, 3.8) is 0 Å². The van der Waals surface area contributed by atoms with Gasteiger partial charge in [-0.2, -0.15) is 0 Å². The van der Waals surface area contributed by atoms with Gasteiger partial charge in [0.1, 0.15) is 0 Å². The van der Waals surface area contributed by atoms with Crippen molar-refractivity contribution >= 4 is 5.78 Å². The van der Waals surface area contributed by atoms with E-state index < -0.39 is 0 Å². The zero-order valence-corrected chi connectivity index (χ0v) is 6.90. The SMILES string of the molecule is [OH+]=C1CCCC#CCCCC1. The molecule has 0 aromatic heterocycles. The number of hydrogen-bond donors (Lipinski definition) is 0. The molecule has 1 heteroatoms. The van der Waals surface area contributed by atoms with Crippen molar-refractivity contribution in [2.45, 2.75) is 44.9 Å². The summed E-state index contributed by atoms with van der Waals surface area (Å²) < 4.78 is 0. The molecule has 0 radical (unpaired) electrons. The third kappa shape index (κ3) is 3.83. The van der Waals surface area contributed by atoms with Gasteiger partial charge in [-0.15, -0.1) is 11.8 Å². The first kappa shape index (κ1) is 8.33. The van der Waals surface area contributed by atoms with Crippen molar-refractivity contribution in [2.24, 2.45) is 0 Å². The number of carbonyl (C=O) groups excluding carboxylic acids is 1. The molecule has 0 heterocycles. The molecule has 60 valence electrons. The minimum atomic E-state index is 0.675. The maximum atomic E-state index is 9.30. The lowest BCUT2D eigenvalue weighted by Gasteiger charge is -1.95. The Labute approximate surface area is 68.2 Å². The maximum Gasteiger partial charge on any atom is 0.293 e. The third-order valence-corrected chi connectivity index (χ3v) is 1.91. The van der Waals surface area contributed by atoms with Gasteiger partial charge in [-0.3, -0.25) is 4.79 Å². The van der Waals surface area contributed by atoms with E-state index in [0.29, 0.717) is 5.78 Å². The van der Waals surface area contributed by atoms with Gasteiger partial charge < -0.3 is 0 Å². The van der Waals surface area contributed by atoms with E-state index in [2.05, 4.69) is 11.8 Å². The summed E-state index contributed by atoms with van der Waals surface area (Å²) in [6.45, 7) is 0. The second-order valence-electron chi connectivity index (χ2n) is 2.98. The molecule has 1 rings (SSSR count). The van der Waals surface area contributed by atoms with Gasteiger partial charge in [-0.1, -0.05) is 0 Å². The van der Waals surface area contributed by atoms with Crippen LogP contribution in [-0.2, 0) is 0 Å². The molecule has 0 unspecified atom stereocenters. The van der Waals surface area contributed by atoms with E-state index in [-0.39, 0.29) is 0 Å². The number of hydrogen-bond acceptors (Lipinski definition) is 0.